The van der Waals surface area contributed by atoms with E-state index in [1.54, 1.807) is 19.1 Å². The molecule has 1 aromatic carbocycles. The van der Waals surface area contributed by atoms with E-state index >= 15 is 0 Å². The Labute approximate surface area is 342 Å². The highest BCUT2D eigenvalue weighted by molar-refractivity contribution is 7.47. The monoisotopic (exact) mass is 833 g/mol. The summed E-state index contributed by atoms with van der Waals surface area (Å²) in [5, 5.41) is 35.7. The van der Waals surface area contributed by atoms with E-state index in [1.807, 2.05) is 6.07 Å². The number of phosphoric acid groups is 1. The van der Waals surface area contributed by atoms with Crippen molar-refractivity contribution < 1.29 is 47.3 Å². The first-order chi connectivity index (χ1) is 27.7. The maximum atomic E-state index is 14.2. The Bertz CT molecular complexity index is 1800. The number of halogens is 1. The lowest BCUT2D eigenvalue weighted by Crippen LogP contribution is -2.49. The molecular formula is C42H65FN5O9P. The van der Waals surface area contributed by atoms with Crippen LogP contribution in [-0.4, -0.2) is 79.0 Å². The minimum atomic E-state index is -4.86. The summed E-state index contributed by atoms with van der Waals surface area (Å²) in [5.41, 5.74) is 4.36. The number of anilines is 1. The number of fused-ring (bicyclic) bond motifs is 1. The van der Waals surface area contributed by atoms with E-state index in [-0.39, 0.29) is 24.6 Å². The highest BCUT2D eigenvalue weighted by Gasteiger charge is 2.57. The highest BCUT2D eigenvalue weighted by Crippen LogP contribution is 2.51. The molecule has 1 aliphatic rings. The molecule has 7 atom stereocenters. The lowest BCUT2D eigenvalue weighted by Gasteiger charge is -2.35. The summed E-state index contributed by atoms with van der Waals surface area (Å²) in [6.45, 7) is 6.59. The van der Waals surface area contributed by atoms with Gasteiger partial charge in [-0.25, -0.2) is 18.5 Å². The minimum Gasteiger partial charge on any atom is -0.387 e. The standard InChI is InChI=1S/C42H65FN5O9P/c1-5-6-7-8-9-10-11-12-13-14-15-16-17-18-19-22-53-28-41(3,54-27-33-23-32(26-44)24-34(43)25-33)29-55-58(51,52)57-31(2)42(4)39(50)37(49)38(56-42)35-20-21-36-40(45)46-30-47-48(35)36/h20-21,23-25,30-31,37-39,49-50H,5-19,22,27-29H2,1-4H3,(H,51,52)(H2,45,46,47)/t31-,37-,38-,39-,41+,42+/m0/s1. The smallest absolute Gasteiger partial charge is 0.387 e. The first-order valence-corrected chi connectivity index (χ1v) is 22.4. The van der Waals surface area contributed by atoms with Crippen LogP contribution in [0.3, 0.4) is 0 Å². The predicted molar refractivity (Wildman–Crippen MR) is 218 cm³/mol. The topological polar surface area (TPSA) is 204 Å². The van der Waals surface area contributed by atoms with Crippen molar-refractivity contribution in [2.24, 2.45) is 0 Å². The van der Waals surface area contributed by atoms with Crippen molar-refractivity contribution in [3.8, 4) is 6.07 Å². The lowest BCUT2D eigenvalue weighted by atomic mass is 9.91. The molecule has 1 fully saturated rings. The molecule has 1 unspecified atom stereocenters. The van der Waals surface area contributed by atoms with Crippen LogP contribution in [0.5, 0.6) is 0 Å². The summed E-state index contributed by atoms with van der Waals surface area (Å²) in [5.74, 6) is -0.386. The zero-order valence-corrected chi connectivity index (χ0v) is 35.6. The molecule has 0 saturated carbocycles. The molecule has 16 heteroatoms. The van der Waals surface area contributed by atoms with Gasteiger partial charge in [-0.15, -0.1) is 0 Å². The molecular weight excluding hydrogens is 768 g/mol. The van der Waals surface area contributed by atoms with Gasteiger partial charge >= 0.3 is 7.82 Å². The van der Waals surface area contributed by atoms with Crippen molar-refractivity contribution in [2.45, 2.75) is 166 Å². The Hall–Kier alpha value is -3.03. The maximum absolute atomic E-state index is 14.2. The maximum Gasteiger partial charge on any atom is 0.472 e. The van der Waals surface area contributed by atoms with Crippen LogP contribution in [0.2, 0.25) is 0 Å². The fourth-order valence-corrected chi connectivity index (χ4v) is 8.38. The van der Waals surface area contributed by atoms with Crippen molar-refractivity contribution >= 4 is 19.2 Å². The molecule has 0 amide bonds. The van der Waals surface area contributed by atoms with E-state index in [0.717, 1.165) is 25.3 Å². The third-order valence-corrected chi connectivity index (χ3v) is 12.0. The fraction of sp³-hybridized carbons (Fsp3) is 0.690. The number of aliphatic hydroxyl groups excluding tert-OH is 2. The van der Waals surface area contributed by atoms with Gasteiger partial charge in [0.2, 0.25) is 0 Å². The molecule has 0 spiro atoms. The average molecular weight is 834 g/mol. The molecule has 58 heavy (non-hydrogen) atoms. The lowest BCUT2D eigenvalue weighted by molar-refractivity contribution is -0.140. The second kappa shape index (κ2) is 23.1. The average Bonchev–Trinajstić information content (AvgIpc) is 3.73. The van der Waals surface area contributed by atoms with Gasteiger partial charge in [-0.2, -0.15) is 10.4 Å². The van der Waals surface area contributed by atoms with Gasteiger partial charge in [-0.1, -0.05) is 96.8 Å². The van der Waals surface area contributed by atoms with Crippen molar-refractivity contribution in [3.05, 3.63) is 59.3 Å². The van der Waals surface area contributed by atoms with Crippen LogP contribution in [-0.2, 0) is 34.4 Å². The van der Waals surface area contributed by atoms with E-state index in [2.05, 4.69) is 17.0 Å². The largest absolute Gasteiger partial charge is 0.472 e. The summed E-state index contributed by atoms with van der Waals surface area (Å²) < 4.78 is 58.3. The summed E-state index contributed by atoms with van der Waals surface area (Å²) >= 11 is 0. The second-order valence-electron chi connectivity index (χ2n) is 16.0. The number of nitrogens with zero attached hydrogens (tertiary/aromatic N) is 4. The van der Waals surface area contributed by atoms with Gasteiger partial charge in [0.05, 0.1) is 43.3 Å². The Morgan fingerprint density at radius 3 is 2.26 bits per heavy atom. The Balaban J connectivity index is 1.26. The fourth-order valence-electron chi connectivity index (χ4n) is 7.28. The molecule has 0 radical (unpaired) electrons. The summed E-state index contributed by atoms with van der Waals surface area (Å²) in [6.07, 6.45) is 14.6. The molecule has 1 aliphatic heterocycles. The number of nitriles is 1. The van der Waals surface area contributed by atoms with Crippen LogP contribution in [0.4, 0.5) is 10.2 Å². The predicted octanol–water partition coefficient (Wildman–Crippen LogP) is 8.26. The third-order valence-electron chi connectivity index (χ3n) is 11.0. The Kier molecular flexibility index (Phi) is 19.0. The van der Waals surface area contributed by atoms with Gasteiger partial charge in [0.25, 0.3) is 0 Å². The Morgan fingerprint density at radius 2 is 1.64 bits per heavy atom. The number of aromatic nitrogens is 3. The molecule has 324 valence electrons. The van der Waals surface area contributed by atoms with E-state index in [1.165, 1.54) is 114 Å². The third kappa shape index (κ3) is 14.0. The number of phosphoric ester groups is 1. The van der Waals surface area contributed by atoms with Crippen LogP contribution in [0.25, 0.3) is 5.52 Å². The molecule has 0 aliphatic carbocycles. The van der Waals surface area contributed by atoms with Crippen LogP contribution in [0, 0.1) is 17.1 Å². The van der Waals surface area contributed by atoms with Crippen LogP contribution >= 0.6 is 7.82 Å². The number of rotatable bonds is 28. The molecule has 3 heterocycles. The zero-order chi connectivity index (χ0) is 42.2. The molecule has 3 aromatic rings. The van der Waals surface area contributed by atoms with Crippen LogP contribution in [0.1, 0.15) is 147 Å². The summed E-state index contributed by atoms with van der Waals surface area (Å²) in [6, 6.07) is 9.06. The number of nitrogens with two attached hydrogens (primary N) is 1. The number of aliphatic hydroxyl groups is 2. The first kappa shape index (κ1) is 47.6. The number of hydrogen-bond donors (Lipinski definition) is 4. The number of ether oxygens (including phenoxy) is 3. The number of unbranched alkanes of at least 4 members (excludes halogenated alkanes) is 14. The highest BCUT2D eigenvalue weighted by atomic mass is 31.2. The van der Waals surface area contributed by atoms with Crippen molar-refractivity contribution in [1.29, 1.82) is 5.26 Å². The van der Waals surface area contributed by atoms with Crippen molar-refractivity contribution in [2.75, 3.05) is 25.6 Å². The molecule has 1 saturated heterocycles. The zero-order valence-electron chi connectivity index (χ0n) is 34.7. The van der Waals surface area contributed by atoms with E-state index in [9.17, 15) is 29.3 Å². The van der Waals surface area contributed by atoms with Crippen LogP contribution < -0.4 is 5.73 Å². The second-order valence-corrected chi connectivity index (χ2v) is 17.5. The van der Waals surface area contributed by atoms with E-state index in [0.29, 0.717) is 23.4 Å². The quantitative estimate of drug-likeness (QED) is 0.0402. The van der Waals surface area contributed by atoms with Gasteiger partial charge in [-0.05, 0) is 63.1 Å². The van der Waals surface area contributed by atoms with Gasteiger partial charge in [0.15, 0.2) is 5.82 Å². The van der Waals surface area contributed by atoms with E-state index < -0.39 is 55.9 Å². The molecule has 2 aromatic heterocycles. The van der Waals surface area contributed by atoms with Gasteiger partial charge < -0.3 is 35.1 Å². The molecule has 14 nitrogen and oxygen atoms in total. The van der Waals surface area contributed by atoms with Gasteiger partial charge in [-0.3, -0.25) is 9.05 Å². The molecule has 0 bridgehead atoms. The van der Waals surface area contributed by atoms with Gasteiger partial charge in [0.1, 0.15) is 47.2 Å². The first-order valence-electron chi connectivity index (χ1n) is 20.9. The van der Waals surface area contributed by atoms with Gasteiger partial charge in [0, 0.05) is 6.61 Å². The number of nitrogen functional groups attached to an aromatic ring is 1. The number of benzene rings is 1. The Morgan fingerprint density at radius 1 is 1.02 bits per heavy atom. The van der Waals surface area contributed by atoms with Crippen molar-refractivity contribution in [3.63, 3.8) is 0 Å². The summed E-state index contributed by atoms with van der Waals surface area (Å²) in [7, 11) is -4.86. The van der Waals surface area contributed by atoms with Crippen LogP contribution in [0.15, 0.2) is 36.7 Å². The molecule has 4 rings (SSSR count). The van der Waals surface area contributed by atoms with Crippen molar-refractivity contribution in [1.82, 2.24) is 14.6 Å². The molecule has 5 N–H and O–H groups in total. The normalized spacial score (nSPS) is 22.2. The summed E-state index contributed by atoms with van der Waals surface area (Å²) in [4.78, 5) is 14.9. The number of hydrogen-bond acceptors (Lipinski definition) is 12. The minimum absolute atomic E-state index is 0.0195. The van der Waals surface area contributed by atoms with E-state index in [4.69, 9.17) is 29.0 Å². The SMILES string of the molecule is CCCCCCCCCCCCCCCCCOC[C@](C)(COP(=O)(O)O[C@@H](C)[C@@]1(C)O[C@@H](c2ccc3c(N)ncnn23)[C@H](O)[C@@H]1O)OCc1cc(F)cc(C#N)c1.